The SMILES string of the molecule is CN(C)CC=CC1c2ccccc2Sc2ccc(Cl)cc21. The molecule has 0 fully saturated rings. The Hall–Kier alpha value is -1.22. The molecular formula is C18H18ClNS. The van der Waals surface area contributed by atoms with Crippen molar-refractivity contribution in [2.24, 2.45) is 0 Å². The maximum Gasteiger partial charge on any atom is 0.0409 e. The highest BCUT2D eigenvalue weighted by atomic mass is 35.5. The number of rotatable bonds is 3. The van der Waals surface area contributed by atoms with Gasteiger partial charge in [-0.25, -0.2) is 0 Å². The minimum Gasteiger partial charge on any atom is -0.306 e. The second-order valence-corrected chi connectivity index (χ2v) is 7.01. The summed E-state index contributed by atoms with van der Waals surface area (Å²) in [6, 6.07) is 14.8. The lowest BCUT2D eigenvalue weighted by Crippen LogP contribution is -2.11. The molecule has 1 unspecified atom stereocenters. The van der Waals surface area contributed by atoms with Crippen LogP contribution in [-0.2, 0) is 0 Å². The summed E-state index contributed by atoms with van der Waals surface area (Å²) in [5, 5.41) is 0.805. The molecule has 0 saturated heterocycles. The smallest absolute Gasteiger partial charge is 0.0409 e. The number of hydrogen-bond donors (Lipinski definition) is 0. The van der Waals surface area contributed by atoms with E-state index in [1.54, 1.807) is 0 Å². The highest BCUT2D eigenvalue weighted by Gasteiger charge is 2.24. The van der Waals surface area contributed by atoms with E-state index in [1.807, 2.05) is 17.8 Å². The van der Waals surface area contributed by atoms with E-state index in [-0.39, 0.29) is 5.92 Å². The predicted octanol–water partition coefficient (Wildman–Crippen LogP) is 5.05. The molecule has 3 rings (SSSR count). The van der Waals surface area contributed by atoms with E-state index in [4.69, 9.17) is 11.6 Å². The van der Waals surface area contributed by atoms with Crippen molar-refractivity contribution < 1.29 is 0 Å². The van der Waals surface area contributed by atoms with Gasteiger partial charge in [-0.2, -0.15) is 0 Å². The van der Waals surface area contributed by atoms with Gasteiger partial charge in [-0.1, -0.05) is 53.7 Å². The summed E-state index contributed by atoms with van der Waals surface area (Å²) >= 11 is 8.04. The first-order valence-corrected chi connectivity index (χ1v) is 8.22. The second kappa shape index (κ2) is 6.27. The second-order valence-electron chi connectivity index (χ2n) is 5.49. The van der Waals surface area contributed by atoms with Gasteiger partial charge in [0.1, 0.15) is 0 Å². The Kier molecular flexibility index (Phi) is 4.39. The van der Waals surface area contributed by atoms with Crippen LogP contribution in [0, 0.1) is 0 Å². The standard InChI is InChI=1S/C18H18ClNS/c1-20(2)11-5-7-14-15-6-3-4-8-17(15)21-18-10-9-13(19)12-16(14)18/h3-10,12,14H,11H2,1-2H3. The fourth-order valence-corrected chi connectivity index (χ4v) is 3.90. The Morgan fingerprint density at radius 2 is 1.86 bits per heavy atom. The van der Waals surface area contributed by atoms with Crippen LogP contribution in [0.25, 0.3) is 0 Å². The van der Waals surface area contributed by atoms with Gasteiger partial charge in [-0.3, -0.25) is 0 Å². The topological polar surface area (TPSA) is 3.24 Å². The van der Waals surface area contributed by atoms with Crippen molar-refractivity contribution >= 4 is 23.4 Å². The predicted molar refractivity (Wildman–Crippen MR) is 91.6 cm³/mol. The monoisotopic (exact) mass is 315 g/mol. The van der Waals surface area contributed by atoms with E-state index >= 15 is 0 Å². The Labute approximate surface area is 135 Å². The maximum absolute atomic E-state index is 6.21. The number of likely N-dealkylation sites (N-methyl/N-ethyl adjacent to an activating group) is 1. The molecule has 108 valence electrons. The average molecular weight is 316 g/mol. The first kappa shape index (κ1) is 14.7. The van der Waals surface area contributed by atoms with Crippen LogP contribution in [-0.4, -0.2) is 25.5 Å². The van der Waals surface area contributed by atoms with Crippen LogP contribution in [0.2, 0.25) is 5.02 Å². The lowest BCUT2D eigenvalue weighted by molar-refractivity contribution is 0.456. The van der Waals surface area contributed by atoms with Crippen molar-refractivity contribution in [3.63, 3.8) is 0 Å². The molecule has 0 spiro atoms. The van der Waals surface area contributed by atoms with Crippen molar-refractivity contribution in [3.8, 4) is 0 Å². The highest BCUT2D eigenvalue weighted by Crippen LogP contribution is 2.46. The van der Waals surface area contributed by atoms with E-state index in [1.165, 1.54) is 20.9 Å². The summed E-state index contributed by atoms with van der Waals surface area (Å²) in [4.78, 5) is 4.81. The summed E-state index contributed by atoms with van der Waals surface area (Å²) < 4.78 is 0. The Balaban J connectivity index is 2.04. The zero-order valence-electron chi connectivity index (χ0n) is 12.2. The maximum atomic E-state index is 6.21. The van der Waals surface area contributed by atoms with E-state index < -0.39 is 0 Å². The molecule has 1 heterocycles. The van der Waals surface area contributed by atoms with E-state index in [0.29, 0.717) is 0 Å². The molecule has 0 bridgehead atoms. The fraction of sp³-hybridized carbons (Fsp3) is 0.222. The van der Waals surface area contributed by atoms with Crippen LogP contribution in [0.4, 0.5) is 0 Å². The van der Waals surface area contributed by atoms with Crippen LogP contribution in [0.3, 0.4) is 0 Å². The van der Waals surface area contributed by atoms with Crippen molar-refractivity contribution in [3.05, 3.63) is 70.8 Å². The van der Waals surface area contributed by atoms with Gasteiger partial charge >= 0.3 is 0 Å². The number of benzene rings is 2. The minimum atomic E-state index is 0.288. The van der Waals surface area contributed by atoms with E-state index in [0.717, 1.165) is 11.6 Å². The number of nitrogens with zero attached hydrogens (tertiary/aromatic N) is 1. The van der Waals surface area contributed by atoms with Crippen LogP contribution < -0.4 is 0 Å². The van der Waals surface area contributed by atoms with Crippen molar-refractivity contribution in [1.82, 2.24) is 4.90 Å². The molecule has 1 nitrogen and oxygen atoms in total. The first-order valence-electron chi connectivity index (χ1n) is 7.03. The molecule has 1 aliphatic heterocycles. The van der Waals surface area contributed by atoms with Crippen molar-refractivity contribution in [2.45, 2.75) is 15.7 Å². The van der Waals surface area contributed by atoms with Crippen LogP contribution in [0.5, 0.6) is 0 Å². The third kappa shape index (κ3) is 3.18. The molecular weight excluding hydrogens is 298 g/mol. The highest BCUT2D eigenvalue weighted by molar-refractivity contribution is 7.99. The molecule has 2 aromatic rings. The third-order valence-electron chi connectivity index (χ3n) is 3.58. The normalized spacial score (nSPS) is 17.0. The Morgan fingerprint density at radius 3 is 2.67 bits per heavy atom. The number of hydrogen-bond acceptors (Lipinski definition) is 2. The molecule has 0 aromatic heterocycles. The molecule has 21 heavy (non-hydrogen) atoms. The van der Waals surface area contributed by atoms with Gasteiger partial charge in [0, 0.05) is 27.3 Å². The van der Waals surface area contributed by atoms with Crippen LogP contribution >= 0.6 is 23.4 Å². The Morgan fingerprint density at radius 1 is 1.10 bits per heavy atom. The molecule has 0 N–H and O–H groups in total. The first-order chi connectivity index (χ1) is 10.1. The molecule has 0 amide bonds. The summed E-state index contributed by atoms with van der Waals surface area (Å²) in [5.41, 5.74) is 2.67. The quantitative estimate of drug-likeness (QED) is 0.729. The van der Waals surface area contributed by atoms with Crippen LogP contribution in [0.1, 0.15) is 17.0 Å². The lowest BCUT2D eigenvalue weighted by Gasteiger charge is -2.26. The zero-order valence-corrected chi connectivity index (χ0v) is 13.8. The molecule has 0 saturated carbocycles. The number of allylic oxidation sites excluding steroid dienone is 1. The molecule has 1 aliphatic rings. The minimum absolute atomic E-state index is 0.288. The summed E-state index contributed by atoms with van der Waals surface area (Å²) in [7, 11) is 4.17. The van der Waals surface area contributed by atoms with Gasteiger partial charge in [0.05, 0.1) is 0 Å². The summed E-state index contributed by atoms with van der Waals surface area (Å²) in [6.45, 7) is 0.946. The van der Waals surface area contributed by atoms with Crippen molar-refractivity contribution in [2.75, 3.05) is 20.6 Å². The molecule has 0 aliphatic carbocycles. The molecule has 2 aromatic carbocycles. The lowest BCUT2D eigenvalue weighted by atomic mass is 9.90. The van der Waals surface area contributed by atoms with Gasteiger partial charge < -0.3 is 4.90 Å². The van der Waals surface area contributed by atoms with Gasteiger partial charge in [0.2, 0.25) is 0 Å². The average Bonchev–Trinajstić information content (AvgIpc) is 2.46. The molecule has 0 radical (unpaired) electrons. The summed E-state index contributed by atoms with van der Waals surface area (Å²) in [6.07, 6.45) is 4.54. The van der Waals surface area contributed by atoms with Gasteiger partial charge in [0.15, 0.2) is 0 Å². The summed E-state index contributed by atoms with van der Waals surface area (Å²) in [5.74, 6) is 0.288. The molecule has 3 heteroatoms. The van der Waals surface area contributed by atoms with E-state index in [9.17, 15) is 0 Å². The van der Waals surface area contributed by atoms with E-state index in [2.05, 4.69) is 67.5 Å². The number of halogens is 1. The van der Waals surface area contributed by atoms with Crippen molar-refractivity contribution in [1.29, 1.82) is 0 Å². The number of fused-ring (bicyclic) bond motifs is 2. The third-order valence-corrected chi connectivity index (χ3v) is 5.00. The molecule has 1 atom stereocenters. The van der Waals surface area contributed by atoms with Gasteiger partial charge in [-0.05, 0) is 49.5 Å². The van der Waals surface area contributed by atoms with Crippen LogP contribution in [0.15, 0.2) is 64.4 Å². The largest absolute Gasteiger partial charge is 0.306 e. The van der Waals surface area contributed by atoms with Gasteiger partial charge in [-0.15, -0.1) is 0 Å². The Bertz CT molecular complexity index is 679. The van der Waals surface area contributed by atoms with Gasteiger partial charge in [0.25, 0.3) is 0 Å². The zero-order chi connectivity index (χ0) is 14.8. The fourth-order valence-electron chi connectivity index (χ4n) is 2.59.